The number of allylic oxidation sites excluding steroid dienone is 2. The zero-order valence-corrected chi connectivity index (χ0v) is 13.4. The lowest BCUT2D eigenvalue weighted by atomic mass is 9.91. The highest BCUT2D eigenvalue weighted by Crippen LogP contribution is 2.40. The van der Waals surface area contributed by atoms with Gasteiger partial charge in [-0.05, 0) is 46.3 Å². The average molecular weight is 373 g/mol. The molecule has 2 aromatic carbocycles. The van der Waals surface area contributed by atoms with Crippen molar-refractivity contribution in [2.75, 3.05) is 16.8 Å². The number of nitrogens with two attached hydrogens (primary N) is 2. The second kappa shape index (κ2) is 5.44. The monoisotopic (exact) mass is 372 g/mol. The van der Waals surface area contributed by atoms with Crippen LogP contribution in [0.25, 0.3) is 0 Å². The van der Waals surface area contributed by atoms with Crippen molar-refractivity contribution >= 4 is 50.2 Å². The van der Waals surface area contributed by atoms with Gasteiger partial charge in [-0.15, -0.1) is 0 Å². The van der Waals surface area contributed by atoms with Gasteiger partial charge in [-0.3, -0.25) is 4.79 Å². The smallest absolute Gasteiger partial charge is 0.202 e. The molecule has 0 fully saturated rings. The number of fused-ring (bicyclic) bond motifs is 1. The third-order valence-electron chi connectivity index (χ3n) is 3.48. The molecular formula is C16H13BrN4O2. The number of aromatic hydroxyl groups is 1. The molecule has 6 nitrogen and oxygen atoms in total. The molecule has 0 spiro atoms. The molecule has 0 atom stereocenters. The lowest BCUT2D eigenvalue weighted by molar-refractivity contribution is 0.104. The number of carbonyl (C=O) groups excluding carboxylic acids is 1. The summed E-state index contributed by atoms with van der Waals surface area (Å²) in [5, 5.41) is 21.5. The maximum atomic E-state index is 12.2. The van der Waals surface area contributed by atoms with E-state index in [-0.39, 0.29) is 38.5 Å². The molecule has 0 radical (unpaired) electrons. The van der Waals surface area contributed by atoms with Gasteiger partial charge in [0, 0.05) is 17.1 Å². The number of nitrogen functional groups attached to an aromatic ring is 2. The number of anilines is 4. The average Bonchev–Trinajstić information content (AvgIpc) is 2.48. The van der Waals surface area contributed by atoms with Crippen molar-refractivity contribution in [1.29, 1.82) is 5.41 Å². The van der Waals surface area contributed by atoms with Gasteiger partial charge in [0.25, 0.3) is 0 Å². The molecule has 0 unspecified atom stereocenters. The van der Waals surface area contributed by atoms with Crippen molar-refractivity contribution in [3.05, 3.63) is 52.0 Å². The fourth-order valence-corrected chi connectivity index (χ4v) is 2.88. The van der Waals surface area contributed by atoms with Gasteiger partial charge in [0.1, 0.15) is 5.75 Å². The predicted molar refractivity (Wildman–Crippen MR) is 94.8 cm³/mol. The standard InChI is InChI=1S/C16H13BrN4O2/c17-9-5-10(19)14-13(15(9)22)11(20)6-12(16(14)23)21-8-3-1-2-7(18)4-8/h1-6,19,21,23H,18,20H2. The molecule has 0 bridgehead atoms. The Labute approximate surface area is 140 Å². The molecule has 0 amide bonds. The van der Waals surface area contributed by atoms with Crippen LogP contribution in [0.2, 0.25) is 0 Å². The first-order valence-electron chi connectivity index (χ1n) is 6.67. The van der Waals surface area contributed by atoms with Crippen molar-refractivity contribution in [3.63, 3.8) is 0 Å². The van der Waals surface area contributed by atoms with E-state index < -0.39 is 0 Å². The Kier molecular flexibility index (Phi) is 3.57. The van der Waals surface area contributed by atoms with Gasteiger partial charge in [-0.1, -0.05) is 6.07 Å². The highest BCUT2D eigenvalue weighted by molar-refractivity contribution is 9.12. The Morgan fingerprint density at radius 1 is 1.17 bits per heavy atom. The number of nitrogens with one attached hydrogen (secondary N) is 2. The third kappa shape index (κ3) is 2.55. The summed E-state index contributed by atoms with van der Waals surface area (Å²) in [5.74, 6) is -0.564. The number of rotatable bonds is 2. The molecular weight excluding hydrogens is 360 g/mol. The van der Waals surface area contributed by atoms with Crippen LogP contribution in [0.3, 0.4) is 0 Å². The van der Waals surface area contributed by atoms with E-state index >= 15 is 0 Å². The van der Waals surface area contributed by atoms with E-state index in [1.165, 1.54) is 12.1 Å². The van der Waals surface area contributed by atoms with Crippen molar-refractivity contribution in [2.24, 2.45) is 0 Å². The van der Waals surface area contributed by atoms with Gasteiger partial charge in [0.2, 0.25) is 5.78 Å². The number of hydrogen-bond acceptors (Lipinski definition) is 6. The Morgan fingerprint density at radius 3 is 2.61 bits per heavy atom. The number of halogens is 1. The first kappa shape index (κ1) is 15.1. The summed E-state index contributed by atoms with van der Waals surface area (Å²) in [7, 11) is 0. The number of phenols is 1. The van der Waals surface area contributed by atoms with Crippen LogP contribution in [0.4, 0.5) is 22.7 Å². The van der Waals surface area contributed by atoms with Crippen LogP contribution in [-0.2, 0) is 0 Å². The number of hydrogen-bond donors (Lipinski definition) is 5. The largest absolute Gasteiger partial charge is 0.505 e. The summed E-state index contributed by atoms with van der Waals surface area (Å²) in [4.78, 5) is 12.2. The third-order valence-corrected chi connectivity index (χ3v) is 4.07. The highest BCUT2D eigenvalue weighted by Gasteiger charge is 2.29. The Hall–Kier alpha value is -2.80. The minimum absolute atomic E-state index is 0.00639. The van der Waals surface area contributed by atoms with Gasteiger partial charge in [0.05, 0.1) is 27.0 Å². The van der Waals surface area contributed by atoms with Gasteiger partial charge in [0.15, 0.2) is 0 Å². The zero-order valence-electron chi connectivity index (χ0n) is 11.9. The molecule has 23 heavy (non-hydrogen) atoms. The van der Waals surface area contributed by atoms with Crippen LogP contribution in [-0.4, -0.2) is 16.6 Å². The van der Waals surface area contributed by atoms with Crippen LogP contribution >= 0.6 is 15.9 Å². The number of Topliss-reactive ketones (excluding diaryl/α,β-unsaturated/α-hetero) is 1. The summed E-state index contributed by atoms with van der Waals surface area (Å²) in [6.07, 6.45) is 1.34. The van der Waals surface area contributed by atoms with Gasteiger partial charge in [-0.25, -0.2) is 0 Å². The van der Waals surface area contributed by atoms with Crippen LogP contribution < -0.4 is 16.8 Å². The topological polar surface area (TPSA) is 125 Å². The van der Waals surface area contributed by atoms with Gasteiger partial charge in [-0.2, -0.15) is 0 Å². The summed E-state index contributed by atoms with van der Waals surface area (Å²) in [6, 6.07) is 8.44. The Bertz CT molecular complexity index is 890. The summed E-state index contributed by atoms with van der Waals surface area (Å²) in [6.45, 7) is 0. The molecule has 7 heteroatoms. The molecule has 7 N–H and O–H groups in total. The Balaban J connectivity index is 2.13. The molecule has 116 valence electrons. The number of carbonyl (C=O) groups is 1. The Morgan fingerprint density at radius 2 is 1.91 bits per heavy atom. The lowest BCUT2D eigenvalue weighted by Crippen LogP contribution is -2.17. The minimum atomic E-state index is -0.362. The molecule has 0 aromatic heterocycles. The first-order valence-corrected chi connectivity index (χ1v) is 7.46. The summed E-state index contributed by atoms with van der Waals surface area (Å²) < 4.78 is 0.234. The second-order valence-electron chi connectivity index (χ2n) is 5.10. The number of ketones is 1. The quantitative estimate of drug-likeness (QED) is 0.314. The zero-order chi connectivity index (χ0) is 16.7. The maximum Gasteiger partial charge on any atom is 0.202 e. The molecule has 0 saturated carbocycles. The minimum Gasteiger partial charge on any atom is -0.505 e. The van der Waals surface area contributed by atoms with Crippen LogP contribution in [0.1, 0.15) is 15.9 Å². The molecule has 0 aliphatic heterocycles. The van der Waals surface area contributed by atoms with E-state index in [0.717, 1.165) is 0 Å². The first-order chi connectivity index (χ1) is 10.9. The van der Waals surface area contributed by atoms with E-state index in [0.29, 0.717) is 17.1 Å². The molecule has 2 aromatic rings. The number of benzene rings is 2. The summed E-state index contributed by atoms with van der Waals surface area (Å²) >= 11 is 3.11. The van der Waals surface area contributed by atoms with Crippen LogP contribution in [0, 0.1) is 5.41 Å². The SMILES string of the molecule is N=C1C=C(Br)C(=O)c2c(N)cc(Nc3cccc(N)c3)c(O)c21. The molecule has 0 heterocycles. The van der Waals surface area contributed by atoms with Crippen molar-refractivity contribution in [3.8, 4) is 5.75 Å². The van der Waals surface area contributed by atoms with Crippen molar-refractivity contribution in [2.45, 2.75) is 0 Å². The molecule has 3 rings (SSSR count). The lowest BCUT2D eigenvalue weighted by Gasteiger charge is -2.20. The normalized spacial score (nSPS) is 13.5. The van der Waals surface area contributed by atoms with Gasteiger partial charge < -0.3 is 27.3 Å². The fraction of sp³-hybridized carbons (Fsp3) is 0. The van der Waals surface area contributed by atoms with E-state index in [2.05, 4.69) is 21.2 Å². The maximum absolute atomic E-state index is 12.2. The molecule has 1 aliphatic carbocycles. The molecule has 0 saturated heterocycles. The van der Waals surface area contributed by atoms with Crippen molar-refractivity contribution < 1.29 is 9.90 Å². The van der Waals surface area contributed by atoms with E-state index in [4.69, 9.17) is 16.9 Å². The van der Waals surface area contributed by atoms with Crippen LogP contribution in [0.5, 0.6) is 5.75 Å². The van der Waals surface area contributed by atoms with Crippen molar-refractivity contribution in [1.82, 2.24) is 0 Å². The van der Waals surface area contributed by atoms with Crippen LogP contribution in [0.15, 0.2) is 40.9 Å². The predicted octanol–water partition coefficient (Wildman–Crippen LogP) is 3.14. The number of phenolic OH excluding ortho intramolecular Hbond substituents is 1. The fourth-order valence-electron chi connectivity index (χ4n) is 2.45. The molecule has 1 aliphatic rings. The van der Waals surface area contributed by atoms with E-state index in [1.54, 1.807) is 24.3 Å². The summed E-state index contributed by atoms with van der Waals surface area (Å²) in [5.41, 5.74) is 13.7. The second-order valence-corrected chi connectivity index (χ2v) is 5.95. The van der Waals surface area contributed by atoms with Gasteiger partial charge >= 0.3 is 0 Å². The van der Waals surface area contributed by atoms with E-state index in [1.807, 2.05) is 0 Å². The highest BCUT2D eigenvalue weighted by atomic mass is 79.9. The van der Waals surface area contributed by atoms with E-state index in [9.17, 15) is 9.90 Å².